The van der Waals surface area contributed by atoms with E-state index >= 15 is 0 Å². The number of nitrogens with zero attached hydrogens (tertiary/aromatic N) is 2. The van der Waals surface area contributed by atoms with Crippen LogP contribution in [0.4, 0.5) is 10.1 Å². The van der Waals surface area contributed by atoms with Crippen LogP contribution in [0.5, 0.6) is 0 Å². The van der Waals surface area contributed by atoms with Gasteiger partial charge in [-0.25, -0.2) is 4.39 Å². The topological polar surface area (TPSA) is 46.9 Å². The van der Waals surface area contributed by atoms with Crippen molar-refractivity contribution < 1.29 is 9.18 Å². The third-order valence-electron chi connectivity index (χ3n) is 3.22. The predicted molar refractivity (Wildman–Crippen MR) is 76.1 cm³/mol. The number of rotatable bonds is 4. The second-order valence-corrected chi connectivity index (χ2v) is 4.71. The van der Waals surface area contributed by atoms with E-state index in [4.69, 9.17) is 0 Å². The van der Waals surface area contributed by atoms with Gasteiger partial charge in [-0.2, -0.15) is 5.10 Å². The average Bonchev–Trinajstić information content (AvgIpc) is 2.69. The van der Waals surface area contributed by atoms with Crippen molar-refractivity contribution in [3.05, 3.63) is 47.0 Å². The van der Waals surface area contributed by atoms with Gasteiger partial charge < -0.3 is 5.32 Å². The van der Waals surface area contributed by atoms with Gasteiger partial charge in [0.25, 0.3) is 0 Å². The fourth-order valence-corrected chi connectivity index (χ4v) is 2.16. The summed E-state index contributed by atoms with van der Waals surface area (Å²) in [7, 11) is 0. The Balaban J connectivity index is 2.08. The number of nitrogens with one attached hydrogen (secondary N) is 1. The second kappa shape index (κ2) is 5.86. The van der Waals surface area contributed by atoms with Crippen LogP contribution < -0.4 is 5.32 Å². The molecule has 0 aliphatic carbocycles. The number of aromatic nitrogens is 2. The largest absolute Gasteiger partial charge is 0.323 e. The number of hydrogen-bond donors (Lipinski definition) is 1. The molecule has 20 heavy (non-hydrogen) atoms. The molecule has 0 spiro atoms. The highest BCUT2D eigenvalue weighted by Gasteiger charge is 2.13. The van der Waals surface area contributed by atoms with Crippen LogP contribution in [-0.2, 0) is 17.8 Å². The molecule has 0 unspecified atom stereocenters. The molecule has 5 heteroatoms. The number of carbonyl (C=O) groups is 1. The van der Waals surface area contributed by atoms with Gasteiger partial charge in [-0.15, -0.1) is 0 Å². The number of hydrogen-bond acceptors (Lipinski definition) is 2. The fraction of sp³-hybridized carbons (Fsp3) is 0.333. The van der Waals surface area contributed by atoms with E-state index < -0.39 is 0 Å². The zero-order valence-corrected chi connectivity index (χ0v) is 11.9. The van der Waals surface area contributed by atoms with Crippen molar-refractivity contribution in [3.63, 3.8) is 0 Å². The second-order valence-electron chi connectivity index (χ2n) is 4.71. The summed E-state index contributed by atoms with van der Waals surface area (Å²) in [4.78, 5) is 12.0. The van der Waals surface area contributed by atoms with Crippen LogP contribution >= 0.6 is 0 Å². The van der Waals surface area contributed by atoms with Gasteiger partial charge in [0.2, 0.25) is 5.91 Å². The molecule has 1 aromatic heterocycles. The zero-order chi connectivity index (χ0) is 14.7. The molecule has 4 nitrogen and oxygen atoms in total. The van der Waals surface area contributed by atoms with Crippen LogP contribution in [-0.4, -0.2) is 15.7 Å². The Bertz CT molecular complexity index is 617. The summed E-state index contributed by atoms with van der Waals surface area (Å²) in [6, 6.07) is 5.94. The summed E-state index contributed by atoms with van der Waals surface area (Å²) in [5.41, 5.74) is 3.29. The van der Waals surface area contributed by atoms with Crippen LogP contribution in [0.15, 0.2) is 24.3 Å². The van der Waals surface area contributed by atoms with Gasteiger partial charge in [0.05, 0.1) is 23.5 Å². The van der Waals surface area contributed by atoms with E-state index in [-0.39, 0.29) is 18.1 Å². The van der Waals surface area contributed by atoms with Crippen molar-refractivity contribution in [2.75, 3.05) is 5.32 Å². The number of halogens is 1. The summed E-state index contributed by atoms with van der Waals surface area (Å²) >= 11 is 0. The van der Waals surface area contributed by atoms with Crippen molar-refractivity contribution in [2.45, 2.75) is 33.7 Å². The lowest BCUT2D eigenvalue weighted by molar-refractivity contribution is -0.115. The molecule has 0 aliphatic heterocycles. The minimum atomic E-state index is -0.301. The van der Waals surface area contributed by atoms with Gasteiger partial charge >= 0.3 is 0 Å². The maximum absolute atomic E-state index is 12.8. The predicted octanol–water partition coefficient (Wildman–Crippen LogP) is 2.84. The molecule has 0 saturated heterocycles. The molecular formula is C15H18FN3O. The molecule has 1 heterocycles. The van der Waals surface area contributed by atoms with Crippen LogP contribution in [0.1, 0.15) is 23.9 Å². The van der Waals surface area contributed by atoms with E-state index in [0.717, 1.165) is 29.2 Å². The van der Waals surface area contributed by atoms with Crippen molar-refractivity contribution in [3.8, 4) is 0 Å². The lowest BCUT2D eigenvalue weighted by atomic mass is 10.1. The highest BCUT2D eigenvalue weighted by atomic mass is 19.1. The number of benzene rings is 1. The Morgan fingerprint density at radius 3 is 2.50 bits per heavy atom. The minimum Gasteiger partial charge on any atom is -0.323 e. The molecule has 0 aliphatic rings. The number of amides is 1. The normalized spacial score (nSPS) is 10.6. The highest BCUT2D eigenvalue weighted by molar-refractivity contribution is 5.93. The summed E-state index contributed by atoms with van der Waals surface area (Å²) in [6.07, 6.45) is 0.219. The van der Waals surface area contributed by atoms with Crippen molar-refractivity contribution in [2.24, 2.45) is 0 Å². The first kappa shape index (κ1) is 14.2. The van der Waals surface area contributed by atoms with E-state index in [2.05, 4.69) is 10.4 Å². The van der Waals surface area contributed by atoms with Crippen molar-refractivity contribution in [1.82, 2.24) is 9.78 Å². The van der Waals surface area contributed by atoms with Gasteiger partial charge in [-0.1, -0.05) is 12.1 Å². The molecule has 0 radical (unpaired) electrons. The molecule has 0 fully saturated rings. The van der Waals surface area contributed by atoms with Gasteiger partial charge in [0.15, 0.2) is 0 Å². The zero-order valence-electron chi connectivity index (χ0n) is 11.9. The van der Waals surface area contributed by atoms with E-state index in [0.29, 0.717) is 0 Å². The first-order chi connectivity index (χ1) is 9.51. The Morgan fingerprint density at radius 2 is 1.95 bits per heavy atom. The summed E-state index contributed by atoms with van der Waals surface area (Å²) in [5.74, 6) is -0.427. The lowest BCUT2D eigenvalue weighted by Gasteiger charge is -2.06. The maximum Gasteiger partial charge on any atom is 0.228 e. The average molecular weight is 275 g/mol. The first-order valence-corrected chi connectivity index (χ1v) is 6.59. The molecule has 106 valence electrons. The fourth-order valence-electron chi connectivity index (χ4n) is 2.16. The van der Waals surface area contributed by atoms with Gasteiger partial charge in [0.1, 0.15) is 5.82 Å². The van der Waals surface area contributed by atoms with Gasteiger partial charge in [0, 0.05) is 6.54 Å². The smallest absolute Gasteiger partial charge is 0.228 e. The highest BCUT2D eigenvalue weighted by Crippen LogP contribution is 2.19. The lowest BCUT2D eigenvalue weighted by Crippen LogP contribution is -2.15. The SMILES string of the molecule is CCn1nc(C)c(NC(=O)Cc2ccc(F)cc2)c1C. The summed E-state index contributed by atoms with van der Waals surface area (Å²) in [5, 5.41) is 7.23. The van der Waals surface area contributed by atoms with Crippen LogP contribution in [0.25, 0.3) is 0 Å². The summed E-state index contributed by atoms with van der Waals surface area (Å²) in [6.45, 7) is 6.56. The Morgan fingerprint density at radius 1 is 1.30 bits per heavy atom. The Hall–Kier alpha value is -2.17. The molecule has 1 aromatic carbocycles. The first-order valence-electron chi connectivity index (χ1n) is 6.59. The third-order valence-corrected chi connectivity index (χ3v) is 3.22. The van der Waals surface area contributed by atoms with Crippen molar-refractivity contribution in [1.29, 1.82) is 0 Å². The van der Waals surface area contributed by atoms with E-state index in [1.54, 1.807) is 12.1 Å². The molecule has 0 saturated carbocycles. The molecular weight excluding hydrogens is 257 g/mol. The minimum absolute atomic E-state index is 0.126. The molecule has 1 N–H and O–H groups in total. The standard InChI is InChI=1S/C15H18FN3O/c1-4-19-11(3)15(10(2)18-19)17-14(20)9-12-5-7-13(16)8-6-12/h5-8H,4,9H2,1-3H3,(H,17,20). The van der Waals surface area contributed by atoms with Gasteiger partial charge in [-0.05, 0) is 38.5 Å². The van der Waals surface area contributed by atoms with Crippen LogP contribution in [0.2, 0.25) is 0 Å². The molecule has 0 atom stereocenters. The van der Waals surface area contributed by atoms with Gasteiger partial charge in [-0.3, -0.25) is 9.48 Å². The van der Waals surface area contributed by atoms with Crippen LogP contribution in [0.3, 0.4) is 0 Å². The quantitative estimate of drug-likeness (QED) is 0.932. The van der Waals surface area contributed by atoms with Crippen molar-refractivity contribution >= 4 is 11.6 Å². The van der Waals surface area contributed by atoms with E-state index in [1.807, 2.05) is 25.5 Å². The molecule has 0 bridgehead atoms. The molecule has 2 aromatic rings. The van der Waals surface area contributed by atoms with E-state index in [1.165, 1.54) is 12.1 Å². The number of aryl methyl sites for hydroxylation is 2. The molecule has 2 rings (SSSR count). The number of anilines is 1. The monoisotopic (exact) mass is 275 g/mol. The third kappa shape index (κ3) is 3.04. The van der Waals surface area contributed by atoms with Crippen LogP contribution in [0, 0.1) is 19.7 Å². The Labute approximate surface area is 117 Å². The maximum atomic E-state index is 12.8. The van der Waals surface area contributed by atoms with E-state index in [9.17, 15) is 9.18 Å². The Kier molecular flexibility index (Phi) is 4.17. The summed E-state index contributed by atoms with van der Waals surface area (Å²) < 4.78 is 14.7. The molecule has 1 amide bonds. The number of carbonyl (C=O) groups excluding carboxylic acids is 1.